The van der Waals surface area contributed by atoms with Gasteiger partial charge in [0.2, 0.25) is 5.91 Å². The molecule has 0 aromatic heterocycles. The molecule has 0 saturated carbocycles. The summed E-state index contributed by atoms with van der Waals surface area (Å²) in [6.45, 7) is 1.67. The number of rotatable bonds is 6. The summed E-state index contributed by atoms with van der Waals surface area (Å²) in [6.07, 6.45) is 9.10. The normalized spacial score (nSPS) is 15.9. The van der Waals surface area contributed by atoms with Crippen LogP contribution in [0.5, 0.6) is 0 Å². The van der Waals surface area contributed by atoms with Crippen molar-refractivity contribution in [1.29, 1.82) is 0 Å². The largest absolute Gasteiger partial charge is 0.316 e. The Morgan fingerprint density at radius 3 is 2.93 bits per heavy atom. The third-order valence-electron chi connectivity index (χ3n) is 2.70. The van der Waals surface area contributed by atoms with Crippen molar-refractivity contribution in [2.45, 2.75) is 38.5 Å². The van der Waals surface area contributed by atoms with Gasteiger partial charge in [0.05, 0.1) is 0 Å². The lowest BCUT2D eigenvalue weighted by Gasteiger charge is -2.12. The van der Waals surface area contributed by atoms with Crippen LogP contribution in [0, 0.1) is 0 Å². The molecule has 4 N–H and O–H groups in total. The van der Waals surface area contributed by atoms with Crippen LogP contribution in [0.15, 0.2) is 11.6 Å². The number of allylic oxidation sites excluding steroid dienone is 1. The zero-order chi connectivity index (χ0) is 10.9. The van der Waals surface area contributed by atoms with Crippen molar-refractivity contribution in [1.82, 2.24) is 10.7 Å². The first-order chi connectivity index (χ1) is 7.33. The summed E-state index contributed by atoms with van der Waals surface area (Å²) in [5.74, 6) is 4.86. The lowest BCUT2D eigenvalue weighted by molar-refractivity contribution is -0.121. The summed E-state index contributed by atoms with van der Waals surface area (Å²) in [5, 5.41) is 3.24. The van der Waals surface area contributed by atoms with Crippen LogP contribution in [0.25, 0.3) is 0 Å². The fourth-order valence-electron chi connectivity index (χ4n) is 1.78. The first kappa shape index (κ1) is 12.2. The van der Waals surface area contributed by atoms with Crippen molar-refractivity contribution in [3.8, 4) is 0 Å². The van der Waals surface area contributed by atoms with Gasteiger partial charge in [-0.05, 0) is 38.6 Å². The van der Waals surface area contributed by atoms with E-state index >= 15 is 0 Å². The van der Waals surface area contributed by atoms with Crippen LogP contribution in [0.3, 0.4) is 0 Å². The van der Waals surface area contributed by atoms with Crippen LogP contribution >= 0.6 is 0 Å². The molecule has 4 nitrogen and oxygen atoms in total. The van der Waals surface area contributed by atoms with Gasteiger partial charge in [0, 0.05) is 13.0 Å². The molecule has 0 radical (unpaired) electrons. The van der Waals surface area contributed by atoms with Gasteiger partial charge in [-0.3, -0.25) is 10.2 Å². The predicted molar refractivity (Wildman–Crippen MR) is 61.0 cm³/mol. The van der Waals surface area contributed by atoms with Crippen molar-refractivity contribution >= 4 is 5.91 Å². The van der Waals surface area contributed by atoms with E-state index in [1.165, 1.54) is 25.7 Å². The maximum atomic E-state index is 10.8. The third kappa shape index (κ3) is 5.54. The average Bonchev–Trinajstić information content (AvgIpc) is 2.29. The van der Waals surface area contributed by atoms with Crippen LogP contribution in [0.4, 0.5) is 0 Å². The Bertz CT molecular complexity index is 226. The number of carbonyl (C=O) groups excluding carboxylic acids is 1. The highest BCUT2D eigenvalue weighted by Crippen LogP contribution is 2.19. The molecule has 1 aliphatic carbocycles. The quantitative estimate of drug-likeness (QED) is 0.200. The van der Waals surface area contributed by atoms with E-state index in [0.717, 1.165) is 13.0 Å². The average molecular weight is 211 g/mol. The number of carbonyl (C=O) groups is 1. The second-order valence-corrected chi connectivity index (χ2v) is 3.93. The molecule has 0 aromatic carbocycles. The summed E-state index contributed by atoms with van der Waals surface area (Å²) in [4.78, 5) is 10.8. The third-order valence-corrected chi connectivity index (χ3v) is 2.70. The molecular weight excluding hydrogens is 190 g/mol. The van der Waals surface area contributed by atoms with E-state index in [9.17, 15) is 4.79 Å². The topological polar surface area (TPSA) is 67.1 Å². The lowest BCUT2D eigenvalue weighted by atomic mass is 9.97. The van der Waals surface area contributed by atoms with Crippen LogP contribution < -0.4 is 16.6 Å². The van der Waals surface area contributed by atoms with Gasteiger partial charge in [-0.15, -0.1) is 0 Å². The standard InChI is InChI=1S/C11H21N3O/c12-14-11(15)7-9-13-8-6-10-4-2-1-3-5-10/h4,13H,1-3,5-9,12H2,(H,14,15). The van der Waals surface area contributed by atoms with E-state index in [2.05, 4.69) is 16.8 Å². The fourth-order valence-corrected chi connectivity index (χ4v) is 1.78. The number of amides is 1. The monoisotopic (exact) mass is 211 g/mol. The minimum absolute atomic E-state index is 0.112. The summed E-state index contributed by atoms with van der Waals surface area (Å²) in [5.41, 5.74) is 3.68. The Balaban J connectivity index is 1.96. The zero-order valence-electron chi connectivity index (χ0n) is 9.22. The maximum Gasteiger partial charge on any atom is 0.235 e. The highest BCUT2D eigenvalue weighted by Gasteiger charge is 2.03. The SMILES string of the molecule is NNC(=O)CCNCCC1=CCCCC1. The minimum Gasteiger partial charge on any atom is -0.316 e. The van der Waals surface area contributed by atoms with Crippen LogP contribution in [0.2, 0.25) is 0 Å². The second-order valence-electron chi connectivity index (χ2n) is 3.93. The van der Waals surface area contributed by atoms with E-state index in [1.807, 2.05) is 0 Å². The molecule has 0 fully saturated rings. The number of hydrogen-bond acceptors (Lipinski definition) is 3. The van der Waals surface area contributed by atoms with Crippen molar-refractivity contribution in [2.75, 3.05) is 13.1 Å². The van der Waals surface area contributed by atoms with E-state index in [1.54, 1.807) is 5.57 Å². The van der Waals surface area contributed by atoms with Crippen LogP contribution in [0.1, 0.15) is 38.5 Å². The first-order valence-electron chi connectivity index (χ1n) is 5.71. The Labute approximate surface area is 91.3 Å². The smallest absolute Gasteiger partial charge is 0.235 e. The molecule has 15 heavy (non-hydrogen) atoms. The zero-order valence-corrected chi connectivity index (χ0v) is 9.22. The first-order valence-corrected chi connectivity index (χ1v) is 5.71. The van der Waals surface area contributed by atoms with Crippen molar-refractivity contribution < 1.29 is 4.79 Å². The highest BCUT2D eigenvalue weighted by atomic mass is 16.2. The predicted octanol–water partition coefficient (Wildman–Crippen LogP) is 0.846. The highest BCUT2D eigenvalue weighted by molar-refractivity contribution is 5.75. The van der Waals surface area contributed by atoms with E-state index in [-0.39, 0.29) is 5.91 Å². The Morgan fingerprint density at radius 2 is 2.27 bits per heavy atom. The summed E-state index contributed by atoms with van der Waals surface area (Å²) in [6, 6.07) is 0. The van der Waals surface area contributed by atoms with Gasteiger partial charge in [-0.25, -0.2) is 5.84 Å². The second kappa shape index (κ2) is 7.43. The number of hydrazine groups is 1. The molecule has 0 heterocycles. The summed E-state index contributed by atoms with van der Waals surface area (Å²) < 4.78 is 0. The van der Waals surface area contributed by atoms with Gasteiger partial charge in [0.25, 0.3) is 0 Å². The Morgan fingerprint density at radius 1 is 1.40 bits per heavy atom. The van der Waals surface area contributed by atoms with Crippen molar-refractivity contribution in [3.63, 3.8) is 0 Å². The fraction of sp³-hybridized carbons (Fsp3) is 0.727. The summed E-state index contributed by atoms with van der Waals surface area (Å²) >= 11 is 0. The molecule has 0 aromatic rings. The van der Waals surface area contributed by atoms with Gasteiger partial charge in [0.15, 0.2) is 0 Å². The molecule has 4 heteroatoms. The maximum absolute atomic E-state index is 10.8. The number of hydrogen-bond donors (Lipinski definition) is 3. The van der Waals surface area contributed by atoms with Gasteiger partial charge in [0.1, 0.15) is 0 Å². The van der Waals surface area contributed by atoms with Gasteiger partial charge < -0.3 is 5.32 Å². The molecule has 0 saturated heterocycles. The lowest BCUT2D eigenvalue weighted by Crippen LogP contribution is -2.32. The molecule has 0 unspecified atom stereocenters. The van der Waals surface area contributed by atoms with Gasteiger partial charge in [-0.1, -0.05) is 11.6 Å². The molecule has 0 atom stereocenters. The molecule has 1 amide bonds. The number of nitrogens with one attached hydrogen (secondary N) is 2. The Hall–Kier alpha value is -0.870. The van der Waals surface area contributed by atoms with Gasteiger partial charge in [-0.2, -0.15) is 0 Å². The molecule has 0 spiro atoms. The Kier molecular flexibility index (Phi) is 6.04. The van der Waals surface area contributed by atoms with Crippen molar-refractivity contribution in [3.05, 3.63) is 11.6 Å². The van der Waals surface area contributed by atoms with E-state index < -0.39 is 0 Å². The molecule has 1 rings (SSSR count). The molecule has 0 aliphatic heterocycles. The minimum atomic E-state index is -0.112. The molecule has 86 valence electrons. The van der Waals surface area contributed by atoms with Crippen LogP contribution in [-0.2, 0) is 4.79 Å². The van der Waals surface area contributed by atoms with Crippen molar-refractivity contribution in [2.24, 2.45) is 5.84 Å². The number of nitrogens with two attached hydrogens (primary N) is 1. The molecular formula is C11H21N3O. The van der Waals surface area contributed by atoms with E-state index in [0.29, 0.717) is 13.0 Å². The van der Waals surface area contributed by atoms with Gasteiger partial charge >= 0.3 is 0 Å². The molecule has 0 bridgehead atoms. The van der Waals surface area contributed by atoms with E-state index in [4.69, 9.17) is 5.84 Å². The molecule has 1 aliphatic rings. The van der Waals surface area contributed by atoms with Crippen LogP contribution in [-0.4, -0.2) is 19.0 Å². The summed E-state index contributed by atoms with van der Waals surface area (Å²) in [7, 11) is 0.